The Morgan fingerprint density at radius 3 is 1.66 bits per heavy atom. The van der Waals surface area contributed by atoms with Gasteiger partial charge in [0.05, 0.1) is 22.9 Å². The van der Waals surface area contributed by atoms with Crippen LogP contribution in [0.1, 0.15) is 0 Å². The Hall–Kier alpha value is -6.32. The molecule has 218 valence electrons. The summed E-state index contributed by atoms with van der Waals surface area (Å²) < 4.78 is 6.48. The molecule has 0 amide bonds. The van der Waals surface area contributed by atoms with Crippen molar-refractivity contribution in [1.29, 1.82) is 0 Å². The normalized spacial score (nSPS) is 11.8. The number of hydrogen-bond donors (Lipinski definition) is 0. The maximum Gasteiger partial charge on any atom is 0.143 e. The van der Waals surface area contributed by atoms with Gasteiger partial charge < -0.3 is 4.42 Å². The molecule has 2 aromatic heterocycles. The van der Waals surface area contributed by atoms with Gasteiger partial charge in [-0.05, 0) is 50.4 Å². The number of aromatic nitrogens is 2. The SMILES string of the molecule is c1ccc2cc3c(cc2c1)oc1c(-c2ccc(-c4ccc(-c5cnc6c7ccccc7c7ccccc7c6n5)cc4)cc2)cccc13. The summed E-state index contributed by atoms with van der Waals surface area (Å²) in [5.41, 5.74) is 10.2. The number of nitrogens with zero attached hydrogens (tertiary/aromatic N) is 2. The highest BCUT2D eigenvalue weighted by atomic mass is 16.3. The second kappa shape index (κ2) is 10.1. The Morgan fingerprint density at radius 1 is 0.404 bits per heavy atom. The van der Waals surface area contributed by atoms with E-state index in [9.17, 15) is 0 Å². The van der Waals surface area contributed by atoms with E-state index in [4.69, 9.17) is 14.4 Å². The lowest BCUT2D eigenvalue weighted by molar-refractivity contribution is 0.670. The van der Waals surface area contributed by atoms with Gasteiger partial charge in [-0.3, -0.25) is 4.98 Å². The Kier molecular flexibility index (Phi) is 5.57. The molecule has 0 unspecified atom stereocenters. The lowest BCUT2D eigenvalue weighted by atomic mass is 9.97. The molecule has 0 aliphatic carbocycles. The number of para-hydroxylation sites is 1. The zero-order chi connectivity index (χ0) is 30.9. The second-order valence-corrected chi connectivity index (χ2v) is 12.2. The topological polar surface area (TPSA) is 38.9 Å². The van der Waals surface area contributed by atoms with Crippen molar-refractivity contribution in [2.75, 3.05) is 0 Å². The molecular weight excluding hydrogens is 572 g/mol. The van der Waals surface area contributed by atoms with E-state index in [-0.39, 0.29) is 0 Å². The van der Waals surface area contributed by atoms with Crippen molar-refractivity contribution in [3.8, 4) is 33.5 Å². The number of fused-ring (bicyclic) bond motifs is 10. The molecule has 10 rings (SSSR count). The molecule has 0 N–H and O–H groups in total. The smallest absolute Gasteiger partial charge is 0.143 e. The minimum Gasteiger partial charge on any atom is -0.455 e. The zero-order valence-electron chi connectivity index (χ0n) is 25.3. The van der Waals surface area contributed by atoms with Crippen molar-refractivity contribution in [2.45, 2.75) is 0 Å². The Bertz CT molecular complexity index is 2790. The second-order valence-electron chi connectivity index (χ2n) is 12.2. The summed E-state index contributed by atoms with van der Waals surface area (Å²) in [6.45, 7) is 0. The van der Waals surface area contributed by atoms with Crippen LogP contribution in [0.2, 0.25) is 0 Å². The third-order valence-corrected chi connectivity index (χ3v) is 9.50. The quantitative estimate of drug-likeness (QED) is 0.190. The molecule has 2 heterocycles. The van der Waals surface area contributed by atoms with E-state index in [1.165, 1.54) is 21.5 Å². The highest BCUT2D eigenvalue weighted by Gasteiger charge is 2.14. The van der Waals surface area contributed by atoms with Gasteiger partial charge in [0.1, 0.15) is 11.2 Å². The first-order valence-electron chi connectivity index (χ1n) is 15.9. The van der Waals surface area contributed by atoms with E-state index in [1.54, 1.807) is 0 Å². The van der Waals surface area contributed by atoms with Gasteiger partial charge in [-0.1, -0.05) is 140 Å². The standard InChI is InChI=1S/C44H26N2O/c1-2-9-32-25-41-39(24-31(32)8-1)38-15-7-14-33(44(38)47-41)29-20-16-27(17-21-29)28-18-22-30(23-19-28)40-26-45-42-36-12-5-3-10-34(36)35-11-4-6-13-37(35)43(42)46-40/h1-26H. The van der Waals surface area contributed by atoms with E-state index in [1.807, 2.05) is 6.20 Å². The van der Waals surface area contributed by atoms with E-state index < -0.39 is 0 Å². The molecule has 0 spiro atoms. The van der Waals surface area contributed by atoms with Crippen LogP contribution in [0.15, 0.2) is 162 Å². The maximum absolute atomic E-state index is 6.48. The number of benzene rings is 8. The van der Waals surface area contributed by atoms with Crippen molar-refractivity contribution in [3.63, 3.8) is 0 Å². The highest BCUT2D eigenvalue weighted by Crippen LogP contribution is 2.38. The molecule has 0 fully saturated rings. The molecule has 3 heteroatoms. The Morgan fingerprint density at radius 2 is 0.957 bits per heavy atom. The largest absolute Gasteiger partial charge is 0.455 e. The maximum atomic E-state index is 6.48. The average Bonchev–Trinajstić information content (AvgIpc) is 3.51. The first-order chi connectivity index (χ1) is 23.3. The van der Waals surface area contributed by atoms with E-state index in [0.29, 0.717) is 0 Å². The third kappa shape index (κ3) is 4.07. The molecule has 47 heavy (non-hydrogen) atoms. The van der Waals surface area contributed by atoms with Crippen molar-refractivity contribution in [2.24, 2.45) is 0 Å². The molecule has 0 aliphatic rings. The summed E-state index contributed by atoms with van der Waals surface area (Å²) in [6, 6.07) is 53.5. The lowest BCUT2D eigenvalue weighted by Crippen LogP contribution is -1.92. The number of rotatable bonds is 3. The number of hydrogen-bond acceptors (Lipinski definition) is 3. The third-order valence-electron chi connectivity index (χ3n) is 9.50. The van der Waals surface area contributed by atoms with E-state index in [0.717, 1.165) is 77.3 Å². The van der Waals surface area contributed by atoms with Crippen LogP contribution in [-0.2, 0) is 0 Å². The van der Waals surface area contributed by atoms with E-state index >= 15 is 0 Å². The minimum atomic E-state index is 0.867. The minimum absolute atomic E-state index is 0.867. The summed E-state index contributed by atoms with van der Waals surface area (Å²) >= 11 is 0. The van der Waals surface area contributed by atoms with Gasteiger partial charge in [0.25, 0.3) is 0 Å². The zero-order valence-corrected chi connectivity index (χ0v) is 25.3. The lowest BCUT2D eigenvalue weighted by Gasteiger charge is -2.11. The summed E-state index contributed by atoms with van der Waals surface area (Å²) in [6.07, 6.45) is 1.90. The van der Waals surface area contributed by atoms with Crippen molar-refractivity contribution in [3.05, 3.63) is 158 Å². The van der Waals surface area contributed by atoms with Crippen LogP contribution in [0.5, 0.6) is 0 Å². The molecule has 0 aliphatic heterocycles. The van der Waals surface area contributed by atoms with Crippen LogP contribution in [0, 0.1) is 0 Å². The molecule has 0 bridgehead atoms. The molecule has 0 saturated carbocycles. The molecular formula is C44H26N2O. The monoisotopic (exact) mass is 598 g/mol. The summed E-state index contributed by atoms with van der Waals surface area (Å²) in [5.74, 6) is 0. The van der Waals surface area contributed by atoms with Gasteiger partial charge in [0, 0.05) is 32.7 Å². The highest BCUT2D eigenvalue weighted by molar-refractivity contribution is 6.23. The van der Waals surface area contributed by atoms with Gasteiger partial charge in [0.15, 0.2) is 0 Å². The van der Waals surface area contributed by atoms with Crippen LogP contribution < -0.4 is 0 Å². The molecule has 0 saturated heterocycles. The Labute approximate surface area is 270 Å². The molecule has 8 aromatic carbocycles. The van der Waals surface area contributed by atoms with Crippen LogP contribution in [0.3, 0.4) is 0 Å². The molecule has 10 aromatic rings. The van der Waals surface area contributed by atoms with Gasteiger partial charge in [-0.2, -0.15) is 0 Å². The summed E-state index contributed by atoms with van der Waals surface area (Å²) in [7, 11) is 0. The van der Waals surface area contributed by atoms with Crippen molar-refractivity contribution in [1.82, 2.24) is 9.97 Å². The average molecular weight is 599 g/mol. The van der Waals surface area contributed by atoms with Crippen LogP contribution in [0.25, 0.3) is 98.8 Å². The first-order valence-corrected chi connectivity index (χ1v) is 15.9. The first kappa shape index (κ1) is 26.0. The fraction of sp³-hybridized carbons (Fsp3) is 0. The van der Waals surface area contributed by atoms with Crippen molar-refractivity contribution < 1.29 is 4.42 Å². The van der Waals surface area contributed by atoms with Crippen molar-refractivity contribution >= 4 is 65.3 Å². The van der Waals surface area contributed by atoms with Crippen LogP contribution >= 0.6 is 0 Å². The van der Waals surface area contributed by atoms with Crippen LogP contribution in [0.4, 0.5) is 0 Å². The van der Waals surface area contributed by atoms with Gasteiger partial charge in [-0.25, -0.2) is 4.98 Å². The van der Waals surface area contributed by atoms with Gasteiger partial charge in [-0.15, -0.1) is 0 Å². The molecule has 0 radical (unpaired) electrons. The summed E-state index contributed by atoms with van der Waals surface area (Å²) in [5, 5.41) is 9.35. The van der Waals surface area contributed by atoms with Crippen LogP contribution in [-0.4, -0.2) is 9.97 Å². The molecule has 3 nitrogen and oxygen atoms in total. The Balaban J connectivity index is 0.997. The summed E-state index contributed by atoms with van der Waals surface area (Å²) in [4.78, 5) is 10.1. The predicted molar refractivity (Wildman–Crippen MR) is 196 cm³/mol. The van der Waals surface area contributed by atoms with E-state index in [2.05, 4.69) is 152 Å². The van der Waals surface area contributed by atoms with Gasteiger partial charge >= 0.3 is 0 Å². The fourth-order valence-corrected chi connectivity index (χ4v) is 7.15. The predicted octanol–water partition coefficient (Wildman–Crippen LogP) is 12.0. The fourth-order valence-electron chi connectivity index (χ4n) is 7.15. The number of furan rings is 1. The van der Waals surface area contributed by atoms with Gasteiger partial charge in [0.2, 0.25) is 0 Å². The molecule has 0 atom stereocenters.